The van der Waals surface area contributed by atoms with Gasteiger partial charge < -0.3 is 14.2 Å². The molecule has 0 aliphatic carbocycles. The molecule has 0 aromatic heterocycles. The number of carbonyl (C=O) groups excluding carboxylic acids is 3. The Labute approximate surface area is 442 Å². The maximum atomic E-state index is 12.8. The van der Waals surface area contributed by atoms with E-state index in [1.807, 2.05) is 0 Å². The van der Waals surface area contributed by atoms with Crippen LogP contribution in [-0.2, 0) is 28.6 Å². The molecule has 404 valence electrons. The standard InChI is InChI=1S/C66H104O6/c1-4-7-10-13-16-19-22-25-27-29-30-31-32-33-34-35-36-37-39-41-44-47-50-53-56-59-65(68)71-62-63(61-70-64(67)58-55-52-49-46-43-40-24-21-18-15-12-9-6-3)72-66(69)60-57-54-51-48-45-42-38-28-26-23-20-17-14-11-8-5-2/h7,9-10,12,16,18-21,23,25,27-28,30-31,33-34,36-38,40-41,43-44,63H,4-6,8,11,13-15,17,22,24,26,29,32,35,39,42,45-62H2,1-3H3/b10-7-,12-9-,19-16-,21-18-,23-20-,27-25-,31-30-,34-33-,37-36-,38-28-,43-40-,44-41-. The molecule has 0 aliphatic rings. The van der Waals surface area contributed by atoms with Crippen molar-refractivity contribution in [2.24, 2.45) is 0 Å². The second-order valence-electron chi connectivity index (χ2n) is 18.4. The van der Waals surface area contributed by atoms with Crippen LogP contribution in [0.5, 0.6) is 0 Å². The molecule has 0 fully saturated rings. The van der Waals surface area contributed by atoms with E-state index in [4.69, 9.17) is 14.2 Å². The van der Waals surface area contributed by atoms with E-state index in [0.29, 0.717) is 19.3 Å². The van der Waals surface area contributed by atoms with Gasteiger partial charge in [-0.15, -0.1) is 0 Å². The van der Waals surface area contributed by atoms with Gasteiger partial charge in [0.15, 0.2) is 6.10 Å². The number of unbranched alkanes of at least 4 members (excludes halogenated alkanes) is 15. The van der Waals surface area contributed by atoms with Gasteiger partial charge in [-0.05, 0) is 141 Å². The van der Waals surface area contributed by atoms with Crippen molar-refractivity contribution in [3.05, 3.63) is 146 Å². The van der Waals surface area contributed by atoms with Crippen molar-refractivity contribution in [3.63, 3.8) is 0 Å². The van der Waals surface area contributed by atoms with Gasteiger partial charge in [-0.3, -0.25) is 14.4 Å². The topological polar surface area (TPSA) is 78.9 Å². The normalized spacial score (nSPS) is 13.2. The summed E-state index contributed by atoms with van der Waals surface area (Å²) in [6.45, 7) is 6.31. The number of ether oxygens (including phenoxy) is 3. The van der Waals surface area contributed by atoms with Crippen LogP contribution in [0.3, 0.4) is 0 Å². The minimum atomic E-state index is -0.818. The molecule has 0 aromatic carbocycles. The van der Waals surface area contributed by atoms with Gasteiger partial charge >= 0.3 is 17.9 Å². The predicted molar refractivity (Wildman–Crippen MR) is 311 cm³/mol. The molecule has 0 saturated carbocycles. The van der Waals surface area contributed by atoms with Crippen molar-refractivity contribution in [1.29, 1.82) is 0 Å². The first-order chi connectivity index (χ1) is 35.5. The third-order valence-corrected chi connectivity index (χ3v) is 11.6. The third kappa shape index (κ3) is 56.2. The minimum absolute atomic E-state index is 0.116. The summed E-state index contributed by atoms with van der Waals surface area (Å²) in [5, 5.41) is 0. The van der Waals surface area contributed by atoms with Crippen molar-refractivity contribution in [3.8, 4) is 0 Å². The summed E-state index contributed by atoms with van der Waals surface area (Å²) in [4.78, 5) is 38.1. The lowest BCUT2D eigenvalue weighted by molar-refractivity contribution is -0.167. The van der Waals surface area contributed by atoms with Crippen molar-refractivity contribution in [2.75, 3.05) is 13.2 Å². The van der Waals surface area contributed by atoms with Gasteiger partial charge in [-0.25, -0.2) is 0 Å². The second-order valence-corrected chi connectivity index (χ2v) is 18.4. The van der Waals surface area contributed by atoms with E-state index in [1.165, 1.54) is 32.1 Å². The van der Waals surface area contributed by atoms with Gasteiger partial charge in [0, 0.05) is 19.3 Å². The van der Waals surface area contributed by atoms with Crippen LogP contribution < -0.4 is 0 Å². The highest BCUT2D eigenvalue weighted by molar-refractivity contribution is 5.71. The van der Waals surface area contributed by atoms with E-state index in [1.54, 1.807) is 0 Å². The average molecular weight is 994 g/mol. The zero-order chi connectivity index (χ0) is 52.2. The number of esters is 3. The fourth-order valence-corrected chi connectivity index (χ4v) is 7.29. The summed E-state index contributed by atoms with van der Waals surface area (Å²) in [5.41, 5.74) is 0. The molecule has 0 bridgehead atoms. The van der Waals surface area contributed by atoms with Crippen LogP contribution in [0.15, 0.2) is 146 Å². The Morgan fingerprint density at radius 2 is 0.542 bits per heavy atom. The van der Waals surface area contributed by atoms with E-state index in [9.17, 15) is 14.4 Å². The fourth-order valence-electron chi connectivity index (χ4n) is 7.29. The summed E-state index contributed by atoms with van der Waals surface area (Å²) < 4.78 is 16.8. The molecular formula is C66H104O6. The zero-order valence-corrected chi connectivity index (χ0v) is 46.1. The first-order valence-corrected chi connectivity index (χ1v) is 28.8. The Balaban J connectivity index is 4.49. The quantitative estimate of drug-likeness (QED) is 0.0261. The van der Waals surface area contributed by atoms with Crippen molar-refractivity contribution in [2.45, 2.75) is 239 Å². The zero-order valence-electron chi connectivity index (χ0n) is 46.1. The average Bonchev–Trinajstić information content (AvgIpc) is 3.38. The largest absolute Gasteiger partial charge is 0.462 e. The molecule has 0 rings (SSSR count). The van der Waals surface area contributed by atoms with Crippen LogP contribution in [0.25, 0.3) is 0 Å². The number of carbonyl (C=O) groups is 3. The van der Waals surface area contributed by atoms with Crippen LogP contribution in [0.1, 0.15) is 233 Å². The van der Waals surface area contributed by atoms with Gasteiger partial charge in [-0.2, -0.15) is 0 Å². The SMILES string of the molecule is CC/C=C\C/C=C\C/C=C\C/C=C\C/C=C\C/C=C\C/C=C\CCCCCC(=O)OCC(COC(=O)CCCCC/C=C\C/C=C\C/C=C\CC)OC(=O)CCCCCCC/C=C\C/C=C\CCCCCC. The molecule has 6 nitrogen and oxygen atoms in total. The fraction of sp³-hybridized carbons (Fsp3) is 0.591. The summed E-state index contributed by atoms with van der Waals surface area (Å²) in [6, 6.07) is 0. The van der Waals surface area contributed by atoms with Crippen molar-refractivity contribution in [1.82, 2.24) is 0 Å². The minimum Gasteiger partial charge on any atom is -0.462 e. The Morgan fingerprint density at radius 3 is 0.861 bits per heavy atom. The number of rotatable bonds is 50. The van der Waals surface area contributed by atoms with E-state index in [-0.39, 0.29) is 31.1 Å². The molecule has 0 aromatic rings. The predicted octanol–water partition coefficient (Wildman–Crippen LogP) is 19.6. The van der Waals surface area contributed by atoms with Gasteiger partial charge in [0.25, 0.3) is 0 Å². The first-order valence-electron chi connectivity index (χ1n) is 28.8. The van der Waals surface area contributed by atoms with Crippen LogP contribution in [0.2, 0.25) is 0 Å². The highest BCUT2D eigenvalue weighted by Crippen LogP contribution is 2.12. The lowest BCUT2D eigenvalue weighted by Gasteiger charge is -2.18. The summed E-state index contributed by atoms with van der Waals surface area (Å²) >= 11 is 0. The molecule has 1 atom stereocenters. The van der Waals surface area contributed by atoms with Crippen molar-refractivity contribution < 1.29 is 28.6 Å². The van der Waals surface area contributed by atoms with E-state index in [0.717, 1.165) is 161 Å². The molecule has 0 N–H and O–H groups in total. The summed E-state index contributed by atoms with van der Waals surface area (Å²) in [6.07, 6.45) is 84.1. The van der Waals surface area contributed by atoms with E-state index in [2.05, 4.69) is 167 Å². The van der Waals surface area contributed by atoms with Crippen LogP contribution in [0.4, 0.5) is 0 Å². The van der Waals surface area contributed by atoms with Gasteiger partial charge in [0.2, 0.25) is 0 Å². The summed E-state index contributed by atoms with van der Waals surface area (Å²) in [7, 11) is 0. The van der Waals surface area contributed by atoms with E-state index >= 15 is 0 Å². The molecule has 0 spiro atoms. The molecule has 0 radical (unpaired) electrons. The monoisotopic (exact) mass is 993 g/mol. The lowest BCUT2D eigenvalue weighted by Crippen LogP contribution is -2.30. The van der Waals surface area contributed by atoms with Crippen LogP contribution >= 0.6 is 0 Å². The van der Waals surface area contributed by atoms with Gasteiger partial charge in [0.1, 0.15) is 13.2 Å². The number of hydrogen-bond acceptors (Lipinski definition) is 6. The summed E-state index contributed by atoms with van der Waals surface area (Å²) in [5.74, 6) is -0.997. The smallest absolute Gasteiger partial charge is 0.306 e. The molecule has 0 saturated heterocycles. The van der Waals surface area contributed by atoms with Gasteiger partial charge in [0.05, 0.1) is 0 Å². The second kappa shape index (κ2) is 58.9. The molecule has 0 heterocycles. The molecule has 0 amide bonds. The molecule has 1 unspecified atom stereocenters. The number of hydrogen-bond donors (Lipinski definition) is 0. The van der Waals surface area contributed by atoms with Crippen molar-refractivity contribution >= 4 is 17.9 Å². The molecule has 6 heteroatoms. The molecular weight excluding hydrogens is 889 g/mol. The Hall–Kier alpha value is -4.71. The highest BCUT2D eigenvalue weighted by Gasteiger charge is 2.19. The third-order valence-electron chi connectivity index (χ3n) is 11.6. The van der Waals surface area contributed by atoms with Crippen LogP contribution in [-0.4, -0.2) is 37.2 Å². The molecule has 72 heavy (non-hydrogen) atoms. The van der Waals surface area contributed by atoms with Gasteiger partial charge in [-0.1, -0.05) is 218 Å². The lowest BCUT2D eigenvalue weighted by atomic mass is 10.1. The van der Waals surface area contributed by atoms with Crippen LogP contribution in [0, 0.1) is 0 Å². The Morgan fingerprint density at radius 1 is 0.292 bits per heavy atom. The maximum Gasteiger partial charge on any atom is 0.306 e. The Kier molecular flexibility index (Phi) is 55.0. The first kappa shape index (κ1) is 67.3. The maximum absolute atomic E-state index is 12.8. The molecule has 0 aliphatic heterocycles. The highest BCUT2D eigenvalue weighted by atomic mass is 16.6. The number of allylic oxidation sites excluding steroid dienone is 24. The Bertz CT molecular complexity index is 1610. The van der Waals surface area contributed by atoms with E-state index < -0.39 is 6.10 Å².